The molecular weight excluding hydrogens is 214 g/mol. The molecule has 0 saturated heterocycles. The van der Waals surface area contributed by atoms with Crippen LogP contribution in [0.3, 0.4) is 0 Å². The van der Waals surface area contributed by atoms with Crippen molar-refractivity contribution in [3.05, 3.63) is 30.0 Å². The van der Waals surface area contributed by atoms with Crippen LogP contribution in [0.1, 0.15) is 26.5 Å². The number of furan rings is 1. The van der Waals surface area contributed by atoms with Crippen molar-refractivity contribution in [3.8, 4) is 5.75 Å². The fourth-order valence-corrected chi connectivity index (χ4v) is 1.75. The standard InChI is InChI=1S/C14H19NO2/c1-4-16-13-7-5-6-11-8-12(17-14(11)13)9-15-10(2)3/h5-8,10,15H,4,9H2,1-3H3. The summed E-state index contributed by atoms with van der Waals surface area (Å²) in [5, 5.41) is 4.43. The Bertz CT molecular complexity index is 488. The summed E-state index contributed by atoms with van der Waals surface area (Å²) in [4.78, 5) is 0. The summed E-state index contributed by atoms with van der Waals surface area (Å²) in [5.74, 6) is 1.77. The molecule has 0 unspecified atom stereocenters. The normalized spacial score (nSPS) is 11.3. The van der Waals surface area contributed by atoms with Gasteiger partial charge in [-0.3, -0.25) is 0 Å². The molecule has 0 atom stereocenters. The van der Waals surface area contributed by atoms with Crippen molar-refractivity contribution in [1.29, 1.82) is 0 Å². The summed E-state index contributed by atoms with van der Waals surface area (Å²) in [6, 6.07) is 8.49. The highest BCUT2D eigenvalue weighted by atomic mass is 16.5. The Morgan fingerprint density at radius 3 is 2.88 bits per heavy atom. The van der Waals surface area contributed by atoms with Crippen LogP contribution in [0.15, 0.2) is 28.7 Å². The van der Waals surface area contributed by atoms with Crippen molar-refractivity contribution in [2.24, 2.45) is 0 Å². The molecule has 0 amide bonds. The van der Waals surface area contributed by atoms with Crippen LogP contribution < -0.4 is 10.1 Å². The van der Waals surface area contributed by atoms with Gasteiger partial charge in [0.15, 0.2) is 11.3 Å². The molecule has 0 aliphatic heterocycles. The number of benzene rings is 1. The van der Waals surface area contributed by atoms with Gasteiger partial charge in [0.2, 0.25) is 0 Å². The Kier molecular flexibility index (Phi) is 3.69. The van der Waals surface area contributed by atoms with E-state index >= 15 is 0 Å². The molecule has 92 valence electrons. The van der Waals surface area contributed by atoms with Crippen molar-refractivity contribution in [2.45, 2.75) is 33.4 Å². The number of fused-ring (bicyclic) bond motifs is 1. The number of ether oxygens (including phenoxy) is 1. The third-order valence-electron chi connectivity index (χ3n) is 2.54. The minimum Gasteiger partial charge on any atom is -0.490 e. The minimum absolute atomic E-state index is 0.453. The summed E-state index contributed by atoms with van der Waals surface area (Å²) in [5.41, 5.74) is 0.843. The van der Waals surface area contributed by atoms with Crippen LogP contribution in [0.4, 0.5) is 0 Å². The zero-order chi connectivity index (χ0) is 12.3. The summed E-state index contributed by atoms with van der Waals surface area (Å²) in [6.45, 7) is 7.61. The van der Waals surface area contributed by atoms with Crippen LogP contribution in [-0.4, -0.2) is 12.6 Å². The lowest BCUT2D eigenvalue weighted by Gasteiger charge is -2.05. The monoisotopic (exact) mass is 233 g/mol. The molecule has 0 aliphatic rings. The van der Waals surface area contributed by atoms with Crippen LogP contribution in [0.2, 0.25) is 0 Å². The Labute approximate surface area is 102 Å². The van der Waals surface area contributed by atoms with Gasteiger partial charge in [0.25, 0.3) is 0 Å². The van der Waals surface area contributed by atoms with Crippen molar-refractivity contribution >= 4 is 11.0 Å². The molecule has 1 N–H and O–H groups in total. The highest BCUT2D eigenvalue weighted by Crippen LogP contribution is 2.28. The lowest BCUT2D eigenvalue weighted by atomic mass is 10.2. The zero-order valence-corrected chi connectivity index (χ0v) is 10.6. The maximum absolute atomic E-state index is 5.81. The van der Waals surface area contributed by atoms with E-state index < -0.39 is 0 Å². The average molecular weight is 233 g/mol. The highest BCUT2D eigenvalue weighted by molar-refractivity contribution is 5.83. The molecule has 2 aromatic rings. The van der Waals surface area contributed by atoms with Crippen molar-refractivity contribution in [2.75, 3.05) is 6.61 Å². The van der Waals surface area contributed by atoms with Gasteiger partial charge < -0.3 is 14.5 Å². The first kappa shape index (κ1) is 12.0. The van der Waals surface area contributed by atoms with E-state index in [2.05, 4.69) is 25.2 Å². The predicted octanol–water partition coefficient (Wildman–Crippen LogP) is 3.33. The molecule has 1 aromatic heterocycles. The average Bonchev–Trinajstić information content (AvgIpc) is 2.71. The molecule has 0 bridgehead atoms. The van der Waals surface area contributed by atoms with Gasteiger partial charge in [0.1, 0.15) is 5.76 Å². The summed E-state index contributed by atoms with van der Waals surface area (Å²) in [7, 11) is 0. The van der Waals surface area contributed by atoms with Crippen LogP contribution in [0, 0.1) is 0 Å². The first-order valence-electron chi connectivity index (χ1n) is 6.08. The van der Waals surface area contributed by atoms with Crippen LogP contribution in [-0.2, 0) is 6.54 Å². The topological polar surface area (TPSA) is 34.4 Å². The highest BCUT2D eigenvalue weighted by Gasteiger charge is 2.08. The van der Waals surface area contributed by atoms with Gasteiger partial charge in [-0.1, -0.05) is 26.0 Å². The van der Waals surface area contributed by atoms with Gasteiger partial charge >= 0.3 is 0 Å². The lowest BCUT2D eigenvalue weighted by molar-refractivity contribution is 0.337. The molecular formula is C14H19NO2. The van der Waals surface area contributed by atoms with Crippen molar-refractivity contribution < 1.29 is 9.15 Å². The number of hydrogen-bond acceptors (Lipinski definition) is 3. The first-order chi connectivity index (χ1) is 8.20. The molecule has 0 radical (unpaired) electrons. The molecule has 3 heteroatoms. The fourth-order valence-electron chi connectivity index (χ4n) is 1.75. The van der Waals surface area contributed by atoms with E-state index in [0.717, 1.165) is 29.0 Å². The number of hydrogen-bond donors (Lipinski definition) is 1. The van der Waals surface area contributed by atoms with Gasteiger partial charge in [0.05, 0.1) is 13.2 Å². The number of rotatable bonds is 5. The van der Waals surface area contributed by atoms with Crippen LogP contribution in [0.5, 0.6) is 5.75 Å². The van der Waals surface area contributed by atoms with E-state index in [9.17, 15) is 0 Å². The van der Waals surface area contributed by atoms with Crippen LogP contribution in [0.25, 0.3) is 11.0 Å². The second kappa shape index (κ2) is 5.23. The van der Waals surface area contributed by atoms with Gasteiger partial charge in [-0.2, -0.15) is 0 Å². The smallest absolute Gasteiger partial charge is 0.176 e. The van der Waals surface area contributed by atoms with Gasteiger partial charge in [0, 0.05) is 11.4 Å². The van der Waals surface area contributed by atoms with E-state index in [1.165, 1.54) is 0 Å². The SMILES string of the molecule is CCOc1cccc2cc(CNC(C)C)oc12. The summed E-state index contributed by atoms with van der Waals surface area (Å²) < 4.78 is 11.4. The second-order valence-corrected chi connectivity index (χ2v) is 4.36. The first-order valence-corrected chi connectivity index (χ1v) is 6.08. The van der Waals surface area contributed by atoms with Crippen LogP contribution >= 0.6 is 0 Å². The van der Waals surface area contributed by atoms with E-state index in [1.54, 1.807) is 0 Å². The minimum atomic E-state index is 0.453. The molecule has 0 saturated carbocycles. The molecule has 3 nitrogen and oxygen atoms in total. The molecule has 1 heterocycles. The Balaban J connectivity index is 2.26. The third kappa shape index (κ3) is 2.80. The number of para-hydroxylation sites is 1. The van der Waals surface area contributed by atoms with E-state index in [4.69, 9.17) is 9.15 Å². The molecule has 1 aromatic carbocycles. The van der Waals surface area contributed by atoms with E-state index in [-0.39, 0.29) is 0 Å². The molecule has 17 heavy (non-hydrogen) atoms. The maximum atomic E-state index is 5.81. The maximum Gasteiger partial charge on any atom is 0.176 e. The van der Waals surface area contributed by atoms with Gasteiger partial charge in [-0.25, -0.2) is 0 Å². The largest absolute Gasteiger partial charge is 0.490 e. The molecule has 2 rings (SSSR count). The van der Waals surface area contributed by atoms with Gasteiger partial charge in [-0.15, -0.1) is 0 Å². The second-order valence-electron chi connectivity index (χ2n) is 4.36. The molecule has 0 aliphatic carbocycles. The van der Waals surface area contributed by atoms with E-state index in [1.807, 2.05) is 25.1 Å². The van der Waals surface area contributed by atoms with E-state index in [0.29, 0.717) is 12.6 Å². The summed E-state index contributed by atoms with van der Waals surface area (Å²) in [6.07, 6.45) is 0. The Morgan fingerprint density at radius 2 is 2.18 bits per heavy atom. The number of nitrogens with one attached hydrogen (secondary N) is 1. The lowest BCUT2D eigenvalue weighted by Crippen LogP contribution is -2.21. The quantitative estimate of drug-likeness (QED) is 0.860. The predicted molar refractivity (Wildman–Crippen MR) is 69.4 cm³/mol. The van der Waals surface area contributed by atoms with Crippen molar-refractivity contribution in [3.63, 3.8) is 0 Å². The molecule has 0 spiro atoms. The zero-order valence-electron chi connectivity index (χ0n) is 10.6. The fraction of sp³-hybridized carbons (Fsp3) is 0.429. The summed E-state index contributed by atoms with van der Waals surface area (Å²) >= 11 is 0. The van der Waals surface area contributed by atoms with Crippen molar-refractivity contribution in [1.82, 2.24) is 5.32 Å². The van der Waals surface area contributed by atoms with Gasteiger partial charge in [-0.05, 0) is 19.1 Å². The Morgan fingerprint density at radius 1 is 1.35 bits per heavy atom. The third-order valence-corrected chi connectivity index (χ3v) is 2.54. The Hall–Kier alpha value is -1.48. The molecule has 0 fully saturated rings.